The Morgan fingerprint density at radius 2 is 2.00 bits per heavy atom. The second-order valence-electron chi connectivity index (χ2n) is 5.11. The molecule has 0 aromatic rings. The lowest BCUT2D eigenvalue weighted by Gasteiger charge is -2.23. The zero-order valence-electron chi connectivity index (χ0n) is 11.0. The Balaban J connectivity index is 2.37. The van der Waals surface area contributed by atoms with Crippen LogP contribution in [0, 0.1) is 11.3 Å². The van der Waals surface area contributed by atoms with Crippen LogP contribution in [0.4, 0.5) is 0 Å². The van der Waals surface area contributed by atoms with Crippen molar-refractivity contribution in [2.24, 2.45) is 11.3 Å². The Kier molecular flexibility index (Phi) is 4.78. The predicted octanol–water partition coefficient (Wildman–Crippen LogP) is 2.35. The van der Waals surface area contributed by atoms with Gasteiger partial charge in [0.15, 0.2) is 0 Å². The van der Waals surface area contributed by atoms with E-state index in [-0.39, 0.29) is 12.0 Å². The molecule has 1 atom stereocenters. The smallest absolute Gasteiger partial charge is 0.323 e. The summed E-state index contributed by atoms with van der Waals surface area (Å²) in [5.74, 6) is 0.587. The van der Waals surface area contributed by atoms with Crippen molar-refractivity contribution in [1.29, 1.82) is 0 Å². The largest absolute Gasteiger partial charge is 0.465 e. The third-order valence-electron chi connectivity index (χ3n) is 3.80. The fourth-order valence-electron chi connectivity index (χ4n) is 2.08. The van der Waals surface area contributed by atoms with Crippen molar-refractivity contribution < 1.29 is 9.53 Å². The minimum atomic E-state index is -0.129. The van der Waals surface area contributed by atoms with Crippen molar-refractivity contribution in [3.05, 3.63) is 0 Å². The number of ether oxygens (including phenoxy) is 1. The van der Waals surface area contributed by atoms with Gasteiger partial charge in [-0.3, -0.25) is 4.79 Å². The van der Waals surface area contributed by atoms with Gasteiger partial charge in [0.1, 0.15) is 6.04 Å². The average Bonchev–Trinajstić information content (AvgIpc) is 3.00. The van der Waals surface area contributed by atoms with E-state index in [0.29, 0.717) is 17.9 Å². The molecule has 94 valence electrons. The zero-order valence-corrected chi connectivity index (χ0v) is 11.0. The number of carbonyl (C=O) groups excluding carboxylic acids is 1. The average molecular weight is 227 g/mol. The van der Waals surface area contributed by atoms with Gasteiger partial charge in [-0.1, -0.05) is 20.8 Å². The van der Waals surface area contributed by atoms with E-state index < -0.39 is 0 Å². The number of carbonyl (C=O) groups is 1. The van der Waals surface area contributed by atoms with E-state index in [1.54, 1.807) is 0 Å². The number of esters is 1. The zero-order chi connectivity index (χ0) is 12.2. The molecule has 0 aromatic carbocycles. The van der Waals surface area contributed by atoms with Crippen LogP contribution in [0.5, 0.6) is 0 Å². The molecule has 0 aliphatic heterocycles. The van der Waals surface area contributed by atoms with Crippen molar-refractivity contribution in [2.45, 2.75) is 53.0 Å². The lowest BCUT2D eigenvalue weighted by molar-refractivity contribution is -0.145. The first-order valence-electron chi connectivity index (χ1n) is 6.45. The third kappa shape index (κ3) is 3.21. The quantitative estimate of drug-likeness (QED) is 0.678. The van der Waals surface area contributed by atoms with E-state index in [2.05, 4.69) is 19.2 Å². The van der Waals surface area contributed by atoms with Gasteiger partial charge in [0.25, 0.3) is 0 Å². The van der Waals surface area contributed by atoms with E-state index in [1.165, 1.54) is 12.8 Å². The summed E-state index contributed by atoms with van der Waals surface area (Å²) in [5.41, 5.74) is 0.444. The SMILES string of the molecule is CCOC(=O)C(CC)NCC1(C(C)C)CC1. The Hall–Kier alpha value is -0.570. The van der Waals surface area contributed by atoms with Crippen LogP contribution < -0.4 is 5.32 Å². The predicted molar refractivity (Wildman–Crippen MR) is 65.2 cm³/mol. The summed E-state index contributed by atoms with van der Waals surface area (Å²) >= 11 is 0. The third-order valence-corrected chi connectivity index (χ3v) is 3.80. The van der Waals surface area contributed by atoms with Gasteiger partial charge < -0.3 is 10.1 Å². The number of hydrogen-bond donors (Lipinski definition) is 1. The maximum absolute atomic E-state index is 11.6. The van der Waals surface area contributed by atoms with Gasteiger partial charge in [-0.05, 0) is 37.5 Å². The second-order valence-corrected chi connectivity index (χ2v) is 5.11. The molecule has 1 rings (SSSR count). The summed E-state index contributed by atoms with van der Waals surface area (Å²) in [5, 5.41) is 3.36. The standard InChI is InChI=1S/C13H25NO2/c1-5-11(12(15)16-6-2)14-9-13(7-8-13)10(3)4/h10-11,14H,5-9H2,1-4H3. The molecule has 1 unspecified atom stereocenters. The lowest BCUT2D eigenvalue weighted by atomic mass is 9.92. The van der Waals surface area contributed by atoms with Crippen molar-refractivity contribution in [3.63, 3.8) is 0 Å². The normalized spacial score (nSPS) is 19.6. The van der Waals surface area contributed by atoms with Gasteiger partial charge in [-0.2, -0.15) is 0 Å². The maximum atomic E-state index is 11.6. The number of hydrogen-bond acceptors (Lipinski definition) is 3. The molecule has 3 nitrogen and oxygen atoms in total. The molecule has 0 saturated heterocycles. The fraction of sp³-hybridized carbons (Fsp3) is 0.923. The molecule has 1 N–H and O–H groups in total. The maximum Gasteiger partial charge on any atom is 0.323 e. The molecular formula is C13H25NO2. The molecule has 0 heterocycles. The Morgan fingerprint density at radius 3 is 2.38 bits per heavy atom. The van der Waals surface area contributed by atoms with Crippen LogP contribution in [0.1, 0.15) is 47.0 Å². The van der Waals surface area contributed by atoms with Crippen LogP contribution >= 0.6 is 0 Å². The van der Waals surface area contributed by atoms with Gasteiger partial charge in [0, 0.05) is 6.54 Å². The highest BCUT2D eigenvalue weighted by molar-refractivity contribution is 5.75. The fourth-order valence-corrected chi connectivity index (χ4v) is 2.08. The molecule has 0 bridgehead atoms. The van der Waals surface area contributed by atoms with E-state index in [1.807, 2.05) is 13.8 Å². The first-order valence-corrected chi connectivity index (χ1v) is 6.45. The van der Waals surface area contributed by atoms with Crippen LogP contribution in [0.25, 0.3) is 0 Å². The van der Waals surface area contributed by atoms with Crippen LogP contribution in [0.3, 0.4) is 0 Å². The molecular weight excluding hydrogens is 202 g/mol. The summed E-state index contributed by atoms with van der Waals surface area (Å²) in [6.07, 6.45) is 3.38. The summed E-state index contributed by atoms with van der Waals surface area (Å²) < 4.78 is 5.04. The first-order chi connectivity index (χ1) is 7.55. The molecule has 16 heavy (non-hydrogen) atoms. The van der Waals surface area contributed by atoms with Gasteiger partial charge in [-0.25, -0.2) is 0 Å². The minimum Gasteiger partial charge on any atom is -0.465 e. The van der Waals surface area contributed by atoms with Crippen molar-refractivity contribution in [2.75, 3.05) is 13.2 Å². The lowest BCUT2D eigenvalue weighted by Crippen LogP contribution is -2.41. The van der Waals surface area contributed by atoms with Crippen molar-refractivity contribution >= 4 is 5.97 Å². The first kappa shape index (κ1) is 13.5. The minimum absolute atomic E-state index is 0.107. The van der Waals surface area contributed by atoms with Crippen molar-refractivity contribution in [1.82, 2.24) is 5.32 Å². The van der Waals surface area contributed by atoms with Crippen LogP contribution in [0.15, 0.2) is 0 Å². The van der Waals surface area contributed by atoms with E-state index >= 15 is 0 Å². The number of nitrogens with one attached hydrogen (secondary N) is 1. The van der Waals surface area contributed by atoms with E-state index in [9.17, 15) is 4.79 Å². The Bertz CT molecular complexity index is 234. The van der Waals surface area contributed by atoms with E-state index in [4.69, 9.17) is 4.74 Å². The van der Waals surface area contributed by atoms with Gasteiger partial charge in [0.05, 0.1) is 6.61 Å². The highest BCUT2D eigenvalue weighted by Crippen LogP contribution is 2.51. The van der Waals surface area contributed by atoms with Gasteiger partial charge in [0.2, 0.25) is 0 Å². The molecule has 1 fully saturated rings. The molecule has 1 saturated carbocycles. The highest BCUT2D eigenvalue weighted by atomic mass is 16.5. The van der Waals surface area contributed by atoms with Crippen LogP contribution in [0.2, 0.25) is 0 Å². The summed E-state index contributed by atoms with van der Waals surface area (Å²) in [6.45, 7) is 9.80. The second kappa shape index (κ2) is 5.67. The van der Waals surface area contributed by atoms with E-state index in [0.717, 1.165) is 13.0 Å². The molecule has 3 heteroatoms. The number of rotatable bonds is 7. The Labute approximate surface area is 98.9 Å². The van der Waals surface area contributed by atoms with Crippen molar-refractivity contribution in [3.8, 4) is 0 Å². The molecule has 1 aliphatic carbocycles. The summed E-state index contributed by atoms with van der Waals surface area (Å²) in [4.78, 5) is 11.6. The molecule has 0 radical (unpaired) electrons. The van der Waals surface area contributed by atoms with Gasteiger partial charge in [-0.15, -0.1) is 0 Å². The monoisotopic (exact) mass is 227 g/mol. The molecule has 0 spiro atoms. The Morgan fingerprint density at radius 1 is 1.38 bits per heavy atom. The molecule has 1 aliphatic rings. The highest BCUT2D eigenvalue weighted by Gasteiger charge is 2.45. The van der Waals surface area contributed by atoms with Crippen LogP contribution in [-0.2, 0) is 9.53 Å². The molecule has 0 aromatic heterocycles. The van der Waals surface area contributed by atoms with Gasteiger partial charge >= 0.3 is 5.97 Å². The molecule has 0 amide bonds. The summed E-state index contributed by atoms with van der Waals surface area (Å²) in [6, 6.07) is -0.129. The summed E-state index contributed by atoms with van der Waals surface area (Å²) in [7, 11) is 0. The topological polar surface area (TPSA) is 38.3 Å². The van der Waals surface area contributed by atoms with Crippen LogP contribution in [-0.4, -0.2) is 25.2 Å².